The Kier molecular flexibility index (Phi) is 7.47. The first-order valence-electron chi connectivity index (χ1n) is 11.7. The van der Waals surface area contributed by atoms with Crippen LogP contribution < -0.4 is 21.5 Å². The molecule has 0 bridgehead atoms. The number of rotatable bonds is 5. The van der Waals surface area contributed by atoms with E-state index in [2.05, 4.69) is 16.5 Å². The van der Waals surface area contributed by atoms with Crippen LogP contribution in [-0.2, 0) is 11.3 Å². The van der Waals surface area contributed by atoms with Crippen LogP contribution in [0.25, 0.3) is 28.0 Å². The number of ether oxygens (including phenoxy) is 1. The van der Waals surface area contributed by atoms with E-state index in [0.717, 1.165) is 26.9 Å². The fraction of sp³-hybridized carbons (Fsp3) is 0.259. The number of pyridine rings is 1. The van der Waals surface area contributed by atoms with Crippen LogP contribution in [0.4, 0.5) is 0 Å². The van der Waals surface area contributed by atoms with E-state index < -0.39 is 11.6 Å². The molecular formula is C27H28N6O3. The minimum absolute atomic E-state index is 0.279. The van der Waals surface area contributed by atoms with Crippen LogP contribution in [0.5, 0.6) is 5.75 Å². The monoisotopic (exact) mass is 484 g/mol. The van der Waals surface area contributed by atoms with Crippen molar-refractivity contribution in [3.8, 4) is 34.2 Å². The highest BCUT2D eigenvalue weighted by molar-refractivity contribution is 5.85. The Bertz CT molecular complexity index is 1470. The first-order chi connectivity index (χ1) is 17.4. The molecule has 9 heteroatoms. The van der Waals surface area contributed by atoms with Crippen LogP contribution in [0.15, 0.2) is 59.4 Å². The van der Waals surface area contributed by atoms with Gasteiger partial charge >= 0.3 is 5.69 Å². The second-order valence-electron chi connectivity index (χ2n) is 8.55. The zero-order chi connectivity index (χ0) is 25.7. The number of amides is 1. The quantitative estimate of drug-likeness (QED) is 0.448. The van der Waals surface area contributed by atoms with Crippen molar-refractivity contribution in [2.45, 2.75) is 26.3 Å². The summed E-state index contributed by atoms with van der Waals surface area (Å²) in [5.41, 5.74) is 9.58. The smallest absolute Gasteiger partial charge is 0.351 e. The van der Waals surface area contributed by atoms with Gasteiger partial charge in [-0.25, -0.2) is 13.9 Å². The lowest BCUT2D eigenvalue weighted by Gasteiger charge is -2.15. The highest BCUT2D eigenvalue weighted by Gasteiger charge is 2.22. The molecule has 0 spiro atoms. The number of carbonyl (C=O) groups is 1. The highest BCUT2D eigenvalue weighted by Crippen LogP contribution is 2.36. The molecule has 5 rings (SSSR count). The summed E-state index contributed by atoms with van der Waals surface area (Å²) in [6, 6.07) is 18.7. The molecule has 1 amide bonds. The third-order valence-electron chi connectivity index (χ3n) is 5.95. The van der Waals surface area contributed by atoms with Crippen molar-refractivity contribution in [1.82, 2.24) is 19.5 Å². The van der Waals surface area contributed by atoms with Crippen LogP contribution in [0.3, 0.4) is 0 Å². The standard InChI is InChI=1S/C23H19N5O3.C4H9N/c1-14-3-7-17(8-4-14)21-18(16-9-5-15(12-24)6-10-16)11-19(31-2)22-26-27(13-20(25)29)23(30)28(21)22;1-2-4-5-3-1/h3-11H,13H2,1-2H3,(H2,25,29);5H,1-4H2. The molecule has 1 aliphatic heterocycles. The van der Waals surface area contributed by atoms with Gasteiger partial charge in [-0.05, 0) is 62.2 Å². The Balaban J connectivity index is 0.000000543. The number of nitriles is 1. The van der Waals surface area contributed by atoms with Crippen molar-refractivity contribution in [2.75, 3.05) is 20.2 Å². The number of hydrogen-bond donors (Lipinski definition) is 2. The molecular weight excluding hydrogens is 456 g/mol. The molecule has 0 unspecified atom stereocenters. The number of benzene rings is 2. The third kappa shape index (κ3) is 5.14. The van der Waals surface area contributed by atoms with Crippen LogP contribution in [0.1, 0.15) is 24.0 Å². The summed E-state index contributed by atoms with van der Waals surface area (Å²) in [5.74, 6) is -0.302. The predicted octanol–water partition coefficient (Wildman–Crippen LogP) is 2.87. The van der Waals surface area contributed by atoms with Crippen molar-refractivity contribution in [3.63, 3.8) is 0 Å². The van der Waals surface area contributed by atoms with Crippen LogP contribution in [0.2, 0.25) is 0 Å². The average Bonchev–Trinajstić information content (AvgIpc) is 3.57. The number of hydrogen-bond acceptors (Lipinski definition) is 6. The SMILES string of the molecule is C1CCNC1.COc1cc(-c2ccc(C#N)cc2)c(-c2ccc(C)cc2)n2c(=O)n(CC(N)=O)nc12. The van der Waals surface area contributed by atoms with Crippen molar-refractivity contribution >= 4 is 11.6 Å². The summed E-state index contributed by atoms with van der Waals surface area (Å²) in [6.45, 7) is 4.13. The highest BCUT2D eigenvalue weighted by atomic mass is 16.5. The number of methoxy groups -OCH3 is 1. The molecule has 4 aromatic rings. The lowest BCUT2D eigenvalue weighted by molar-refractivity contribution is -0.118. The molecule has 2 aromatic heterocycles. The number of aryl methyl sites for hydroxylation is 1. The number of aromatic nitrogens is 3. The predicted molar refractivity (Wildman–Crippen MR) is 138 cm³/mol. The summed E-state index contributed by atoms with van der Waals surface area (Å²) >= 11 is 0. The maximum atomic E-state index is 13.2. The zero-order valence-electron chi connectivity index (χ0n) is 20.3. The topological polar surface area (TPSA) is 127 Å². The lowest BCUT2D eigenvalue weighted by Crippen LogP contribution is -2.29. The minimum Gasteiger partial charge on any atom is -0.493 e. The maximum Gasteiger partial charge on any atom is 0.351 e. The Morgan fingerprint density at radius 3 is 2.28 bits per heavy atom. The number of nitrogens with one attached hydrogen (secondary N) is 1. The van der Waals surface area contributed by atoms with Gasteiger partial charge in [0.05, 0.1) is 24.4 Å². The molecule has 0 radical (unpaired) electrons. The molecule has 1 aliphatic rings. The molecule has 36 heavy (non-hydrogen) atoms. The van der Waals surface area contributed by atoms with Crippen molar-refractivity contribution in [1.29, 1.82) is 5.26 Å². The first-order valence-corrected chi connectivity index (χ1v) is 11.7. The zero-order valence-corrected chi connectivity index (χ0v) is 20.3. The fourth-order valence-corrected chi connectivity index (χ4v) is 4.12. The first kappa shape index (κ1) is 24.7. The van der Waals surface area contributed by atoms with Gasteiger partial charge in [0.25, 0.3) is 0 Å². The van der Waals surface area contributed by atoms with Crippen molar-refractivity contribution in [3.05, 3.63) is 76.2 Å². The van der Waals surface area contributed by atoms with E-state index in [1.165, 1.54) is 37.4 Å². The molecule has 0 aliphatic carbocycles. The molecule has 3 N–H and O–H groups in total. The third-order valence-corrected chi connectivity index (χ3v) is 5.95. The number of nitrogens with zero attached hydrogens (tertiary/aromatic N) is 4. The second-order valence-corrected chi connectivity index (χ2v) is 8.55. The van der Waals surface area contributed by atoms with Crippen LogP contribution in [0, 0.1) is 18.3 Å². The molecule has 3 heterocycles. The maximum absolute atomic E-state index is 13.2. The van der Waals surface area contributed by atoms with E-state index in [1.54, 1.807) is 18.2 Å². The van der Waals surface area contributed by atoms with Gasteiger partial charge in [0, 0.05) is 5.56 Å². The Morgan fingerprint density at radius 1 is 1.11 bits per heavy atom. The second kappa shape index (κ2) is 10.9. The van der Waals surface area contributed by atoms with Gasteiger partial charge < -0.3 is 15.8 Å². The lowest BCUT2D eigenvalue weighted by atomic mass is 9.97. The Morgan fingerprint density at radius 2 is 1.75 bits per heavy atom. The van der Waals surface area contributed by atoms with E-state index in [-0.39, 0.29) is 12.2 Å². The molecule has 1 saturated heterocycles. The van der Waals surface area contributed by atoms with Crippen molar-refractivity contribution in [2.24, 2.45) is 5.73 Å². The van der Waals surface area contributed by atoms with Gasteiger partial charge in [0.15, 0.2) is 5.75 Å². The van der Waals surface area contributed by atoms with E-state index in [1.807, 2.05) is 43.3 Å². The average molecular weight is 485 g/mol. The van der Waals surface area contributed by atoms with Gasteiger partial charge in [0.1, 0.15) is 6.54 Å². The normalized spacial score (nSPS) is 12.6. The fourth-order valence-electron chi connectivity index (χ4n) is 4.12. The van der Waals surface area contributed by atoms with Crippen LogP contribution in [-0.4, -0.2) is 40.3 Å². The van der Waals surface area contributed by atoms with E-state index in [4.69, 9.17) is 15.7 Å². The largest absolute Gasteiger partial charge is 0.493 e. The number of carbonyl (C=O) groups excluding carboxylic acids is 1. The molecule has 9 nitrogen and oxygen atoms in total. The minimum atomic E-state index is -0.673. The van der Waals surface area contributed by atoms with Gasteiger partial charge in [-0.2, -0.15) is 5.26 Å². The Hall–Kier alpha value is -4.42. The van der Waals surface area contributed by atoms with Gasteiger partial charge in [-0.15, -0.1) is 5.10 Å². The molecule has 1 fully saturated rings. The Labute approximate surface area is 208 Å². The molecule has 0 saturated carbocycles. The summed E-state index contributed by atoms with van der Waals surface area (Å²) < 4.78 is 7.97. The van der Waals surface area contributed by atoms with Gasteiger partial charge in [-0.3, -0.25) is 4.79 Å². The van der Waals surface area contributed by atoms with Gasteiger partial charge in [0.2, 0.25) is 11.6 Å². The van der Waals surface area contributed by atoms with Crippen molar-refractivity contribution < 1.29 is 9.53 Å². The number of primary amides is 1. The molecule has 184 valence electrons. The summed E-state index contributed by atoms with van der Waals surface area (Å²) in [4.78, 5) is 24.7. The van der Waals surface area contributed by atoms with E-state index in [9.17, 15) is 9.59 Å². The van der Waals surface area contributed by atoms with Gasteiger partial charge in [-0.1, -0.05) is 42.0 Å². The number of fused-ring (bicyclic) bond motifs is 1. The van der Waals surface area contributed by atoms with E-state index >= 15 is 0 Å². The van der Waals surface area contributed by atoms with Crippen LogP contribution >= 0.6 is 0 Å². The summed E-state index contributed by atoms with van der Waals surface area (Å²) in [7, 11) is 1.49. The molecule has 2 aromatic carbocycles. The number of nitrogens with two attached hydrogens (primary N) is 1. The molecule has 0 atom stereocenters. The summed E-state index contributed by atoms with van der Waals surface area (Å²) in [5, 5.41) is 16.6. The summed E-state index contributed by atoms with van der Waals surface area (Å²) in [6.07, 6.45) is 2.78. The van der Waals surface area contributed by atoms with E-state index in [0.29, 0.717) is 17.0 Å².